The third-order valence-electron chi connectivity index (χ3n) is 8.29. The van der Waals surface area contributed by atoms with Gasteiger partial charge in [-0.2, -0.15) is 13.6 Å². The number of fused-ring (bicyclic) bond motifs is 3. The summed E-state index contributed by atoms with van der Waals surface area (Å²) in [6, 6.07) is 7.87. The van der Waals surface area contributed by atoms with Gasteiger partial charge in [-0.1, -0.05) is 49.9 Å². The molecule has 1 saturated heterocycles. The van der Waals surface area contributed by atoms with Crippen molar-refractivity contribution in [3.63, 3.8) is 0 Å². The summed E-state index contributed by atoms with van der Waals surface area (Å²) < 4.78 is 52.6. The lowest BCUT2D eigenvalue weighted by atomic mass is 9.96. The Hall–Kier alpha value is -3.80. The molecule has 0 radical (unpaired) electrons. The van der Waals surface area contributed by atoms with Crippen LogP contribution in [0.3, 0.4) is 0 Å². The minimum Gasteiger partial charge on any atom is -0.390 e. The molecule has 6 rings (SSSR count). The number of nitrogens with one attached hydrogen (secondary N) is 1. The number of hydrogen-bond acceptors (Lipinski definition) is 13. The Morgan fingerprint density at radius 1 is 1.18 bits per heavy atom. The highest BCUT2D eigenvalue weighted by Gasteiger charge is 2.46. The Balaban J connectivity index is 1.28. The van der Waals surface area contributed by atoms with Gasteiger partial charge in [0.2, 0.25) is 5.95 Å². The molecule has 3 aromatic rings. The number of aliphatic hydroxyl groups is 1. The summed E-state index contributed by atoms with van der Waals surface area (Å²) in [4.78, 5) is 73.1. The molecule has 51 heavy (non-hydrogen) atoms. The number of ether oxygens (including phenoxy) is 1. The predicted octanol–water partition coefficient (Wildman–Crippen LogP) is 1.01. The van der Waals surface area contributed by atoms with Crippen LogP contribution in [0.15, 0.2) is 47.8 Å². The second-order valence-corrected chi connectivity index (χ2v) is 16.2. The van der Waals surface area contributed by atoms with Crippen LogP contribution in [-0.2, 0) is 36.4 Å². The quantitative estimate of drug-likeness (QED) is 0.142. The van der Waals surface area contributed by atoms with Crippen LogP contribution in [0.25, 0.3) is 29.0 Å². The molecule has 8 N–H and O–H groups in total. The Labute approximate surface area is 288 Å². The zero-order valence-corrected chi connectivity index (χ0v) is 29.2. The molecule has 6 unspecified atom stereocenters. The van der Waals surface area contributed by atoms with Crippen molar-refractivity contribution in [3.8, 4) is 0 Å². The molecule has 6 atom stereocenters. The number of nitrogens with zero attached hydrogens (tertiary/aromatic N) is 3. The molecule has 0 bridgehead atoms. The maximum Gasteiger partial charge on any atom is 0.490 e. The van der Waals surface area contributed by atoms with Gasteiger partial charge >= 0.3 is 23.5 Å². The van der Waals surface area contributed by atoms with Gasteiger partial charge in [0.1, 0.15) is 19.0 Å². The summed E-state index contributed by atoms with van der Waals surface area (Å²) in [7, 11) is -16.9. The minimum absolute atomic E-state index is 0.0581. The number of H-pyrrole nitrogens is 1. The molecule has 1 aromatic heterocycles. The molecular formula is C29H32N5O14P3. The number of anilines is 3. The summed E-state index contributed by atoms with van der Waals surface area (Å²) in [6.45, 7) is 4.63. The lowest BCUT2D eigenvalue weighted by molar-refractivity contribution is -0.112. The fraction of sp³-hybridized carbons (Fsp3) is 0.276. The molecule has 1 aliphatic carbocycles. The second-order valence-electron chi connectivity index (χ2n) is 11.8. The third kappa shape index (κ3) is 7.85. The van der Waals surface area contributed by atoms with E-state index >= 15 is 0 Å². The van der Waals surface area contributed by atoms with Crippen molar-refractivity contribution in [3.05, 3.63) is 74.9 Å². The van der Waals surface area contributed by atoms with Gasteiger partial charge in [0.05, 0.1) is 12.7 Å². The van der Waals surface area contributed by atoms with Crippen molar-refractivity contribution >= 4 is 75.8 Å². The van der Waals surface area contributed by atoms with Crippen molar-refractivity contribution in [2.45, 2.75) is 37.7 Å². The molecule has 2 aromatic carbocycles. The van der Waals surface area contributed by atoms with Crippen molar-refractivity contribution < 1.29 is 61.1 Å². The Morgan fingerprint density at radius 2 is 1.92 bits per heavy atom. The average Bonchev–Trinajstić information content (AvgIpc) is 3.69. The monoisotopic (exact) mass is 767 g/mol. The van der Waals surface area contributed by atoms with E-state index in [9.17, 15) is 38.2 Å². The summed E-state index contributed by atoms with van der Waals surface area (Å²) in [5, 5.41) is 13.7. The fourth-order valence-corrected chi connectivity index (χ4v) is 9.14. The van der Waals surface area contributed by atoms with Gasteiger partial charge in [-0.25, -0.2) is 13.7 Å². The highest BCUT2D eigenvalue weighted by molar-refractivity contribution is 7.66. The van der Waals surface area contributed by atoms with Crippen LogP contribution in [0.4, 0.5) is 17.5 Å². The van der Waals surface area contributed by atoms with E-state index in [0.29, 0.717) is 10.4 Å². The number of nitrogens with two attached hydrogens (primary N) is 1. The summed E-state index contributed by atoms with van der Waals surface area (Å²) in [5.74, 6) is -0.771. The maximum atomic E-state index is 14.1. The summed E-state index contributed by atoms with van der Waals surface area (Å²) >= 11 is 0. The van der Waals surface area contributed by atoms with E-state index in [1.165, 1.54) is 11.0 Å². The van der Waals surface area contributed by atoms with Crippen molar-refractivity contribution in [1.82, 2.24) is 9.97 Å². The lowest BCUT2D eigenvalue weighted by Gasteiger charge is -2.26. The van der Waals surface area contributed by atoms with Gasteiger partial charge in [0.15, 0.2) is 11.5 Å². The number of hydrogen-bond donors (Lipinski definition) is 7. The number of aromatic nitrogens is 2. The Bertz CT molecular complexity index is 2310. The molecular weight excluding hydrogens is 735 g/mol. The minimum atomic E-state index is -5.77. The van der Waals surface area contributed by atoms with Gasteiger partial charge in [-0.3, -0.25) is 24.0 Å². The number of carbonyl (C=O) groups is 1. The summed E-state index contributed by atoms with van der Waals surface area (Å²) in [5.41, 5.74) is 7.11. The van der Waals surface area contributed by atoms with E-state index in [4.69, 9.17) is 20.3 Å². The molecule has 0 saturated carbocycles. The smallest absolute Gasteiger partial charge is 0.390 e. The van der Waals surface area contributed by atoms with Crippen LogP contribution in [0.2, 0.25) is 0 Å². The molecule has 3 aliphatic rings. The number of rotatable bonds is 10. The van der Waals surface area contributed by atoms with E-state index in [1.807, 2.05) is 30.3 Å². The van der Waals surface area contributed by atoms with Crippen LogP contribution in [0.5, 0.6) is 0 Å². The number of phosphoric ester groups is 1. The zero-order chi connectivity index (χ0) is 37.0. The maximum absolute atomic E-state index is 14.1. The molecule has 1 fully saturated rings. The standard InChI is InChI=1S/C29H32N5O14P3/c1-3-4-16-7-8-18-9-17-6-5-15(2)19(17)10-20(18)21(16)11-24(36)33-14-34(27-26(33)28(37)32-29(30)31-27)25-12-22(35)23(46-25)13-45-50(41,42)48-51(43,44)47-49(38,39)40/h3-11,15,22-23,25,35H,1,12-14H2,2H3,(H,41,42)(H,43,44)(H2,38,39,40)(H3,30,31,32,37)/b16-4-,21-11+. The number of allylic oxidation sites excluding steroid dienone is 2. The molecule has 2 aliphatic heterocycles. The number of carbonyl (C=O) groups excluding carboxylic acids is 1. The second kappa shape index (κ2) is 13.6. The van der Waals surface area contributed by atoms with Crippen molar-refractivity contribution in [2.75, 3.05) is 28.8 Å². The van der Waals surface area contributed by atoms with Gasteiger partial charge in [-0.05, 0) is 50.4 Å². The van der Waals surface area contributed by atoms with E-state index in [-0.39, 0.29) is 36.5 Å². The summed E-state index contributed by atoms with van der Waals surface area (Å²) in [6.07, 6.45) is 4.78. The molecule has 19 nitrogen and oxygen atoms in total. The van der Waals surface area contributed by atoms with E-state index in [0.717, 1.165) is 26.8 Å². The Kier molecular flexibility index (Phi) is 9.89. The normalized spacial score (nSPS) is 24.5. The average molecular weight is 768 g/mol. The van der Waals surface area contributed by atoms with Crippen LogP contribution in [0.1, 0.15) is 30.4 Å². The number of nitrogen functional groups attached to an aromatic ring is 1. The first-order valence-corrected chi connectivity index (χ1v) is 19.6. The molecule has 3 heterocycles. The van der Waals surface area contributed by atoms with Gasteiger partial charge in [-0.15, -0.1) is 0 Å². The SMILES string of the molecule is C=C/C=c1/ccc2cc3c(cc2/c1=C/C(=O)N1CN(C2CC(O)C(COP(=O)(O)OP(=O)(O)OP(=O)(O)O)O2)c2nc(N)[nH]c(=O)c21)C(C)C=C3. The molecule has 0 spiro atoms. The first-order chi connectivity index (χ1) is 23.8. The highest BCUT2D eigenvalue weighted by atomic mass is 31.3. The highest BCUT2D eigenvalue weighted by Crippen LogP contribution is 2.66. The number of phosphoric acid groups is 3. The first-order valence-electron chi connectivity index (χ1n) is 15.0. The van der Waals surface area contributed by atoms with Crippen LogP contribution in [0, 0.1) is 0 Å². The fourth-order valence-electron chi connectivity index (χ4n) is 6.11. The lowest BCUT2D eigenvalue weighted by Crippen LogP contribution is -2.42. The topological polar surface area (TPSA) is 285 Å². The van der Waals surface area contributed by atoms with Gasteiger partial charge < -0.3 is 40.1 Å². The van der Waals surface area contributed by atoms with E-state index in [2.05, 4.69) is 42.7 Å². The van der Waals surface area contributed by atoms with Crippen LogP contribution >= 0.6 is 23.5 Å². The largest absolute Gasteiger partial charge is 0.490 e. The molecule has 22 heteroatoms. The molecule has 272 valence electrons. The first kappa shape index (κ1) is 37.0. The number of aliphatic hydroxyl groups excluding tert-OH is 1. The number of aromatic amines is 1. The number of benzene rings is 2. The predicted molar refractivity (Wildman–Crippen MR) is 183 cm³/mol. The Morgan fingerprint density at radius 3 is 2.63 bits per heavy atom. The van der Waals surface area contributed by atoms with E-state index < -0.39 is 60.0 Å². The van der Waals surface area contributed by atoms with Crippen LogP contribution in [-0.4, -0.2) is 72.3 Å². The molecule has 1 amide bonds. The van der Waals surface area contributed by atoms with Crippen molar-refractivity contribution in [1.29, 1.82) is 0 Å². The zero-order valence-electron chi connectivity index (χ0n) is 26.5. The van der Waals surface area contributed by atoms with Gasteiger partial charge in [0.25, 0.3) is 11.5 Å². The van der Waals surface area contributed by atoms with E-state index in [1.54, 1.807) is 12.2 Å². The third-order valence-corrected chi connectivity index (χ3v) is 12.1. The van der Waals surface area contributed by atoms with Crippen molar-refractivity contribution in [2.24, 2.45) is 0 Å². The van der Waals surface area contributed by atoms with Crippen LogP contribution < -0.4 is 31.5 Å². The number of amides is 1. The van der Waals surface area contributed by atoms with Gasteiger partial charge in [0, 0.05) is 12.5 Å².